The summed E-state index contributed by atoms with van der Waals surface area (Å²) in [7, 11) is -3.77. The van der Waals surface area contributed by atoms with E-state index in [-0.39, 0.29) is 0 Å². The summed E-state index contributed by atoms with van der Waals surface area (Å²) in [5, 5.41) is 0. The summed E-state index contributed by atoms with van der Waals surface area (Å²) in [4.78, 5) is 9.35. The highest BCUT2D eigenvalue weighted by Crippen LogP contribution is 2.43. The first-order chi connectivity index (χ1) is 8.21. The number of hydrogen-bond donors (Lipinski definition) is 1. The lowest BCUT2D eigenvalue weighted by atomic mass is 10.1. The molecule has 17 heavy (non-hydrogen) atoms. The van der Waals surface area contributed by atoms with E-state index in [4.69, 9.17) is 9.05 Å². The van der Waals surface area contributed by atoms with Crippen molar-refractivity contribution in [2.75, 3.05) is 13.2 Å². The summed E-state index contributed by atoms with van der Waals surface area (Å²) in [5.74, 6) is 0. The first kappa shape index (κ1) is 15.2. The fourth-order valence-corrected chi connectivity index (χ4v) is 2.81. The van der Waals surface area contributed by atoms with Gasteiger partial charge < -0.3 is 4.89 Å². The summed E-state index contributed by atoms with van der Waals surface area (Å²) in [6.07, 6.45) is 11.4. The predicted octanol–water partition coefficient (Wildman–Crippen LogP) is 4.03. The van der Waals surface area contributed by atoms with Crippen LogP contribution >= 0.6 is 7.82 Å². The Hall–Kier alpha value is 0.110. The standard InChI is InChI=1S/C12H25O4P/c13-17(14)15-11-9-7-5-3-1-2-4-6-8-10-12-16-17/h1-12H2,(H,13,14). The zero-order valence-electron chi connectivity index (χ0n) is 10.6. The lowest BCUT2D eigenvalue weighted by molar-refractivity contribution is 0.145. The smallest absolute Gasteiger partial charge is 0.302 e. The minimum absolute atomic E-state index is 0.327. The molecule has 5 heteroatoms. The molecular weight excluding hydrogens is 239 g/mol. The Morgan fingerprint density at radius 1 is 0.647 bits per heavy atom. The maximum absolute atomic E-state index is 11.4. The van der Waals surface area contributed by atoms with Crippen molar-refractivity contribution in [2.24, 2.45) is 0 Å². The van der Waals surface area contributed by atoms with Gasteiger partial charge in [-0.15, -0.1) is 0 Å². The molecule has 0 aliphatic carbocycles. The Morgan fingerprint density at radius 3 is 1.29 bits per heavy atom. The lowest BCUT2D eigenvalue weighted by Gasteiger charge is -2.11. The van der Waals surface area contributed by atoms with Gasteiger partial charge in [-0.2, -0.15) is 0 Å². The molecule has 0 atom stereocenters. The van der Waals surface area contributed by atoms with Crippen molar-refractivity contribution in [1.82, 2.24) is 0 Å². The summed E-state index contributed by atoms with van der Waals surface area (Å²) < 4.78 is 21.2. The molecule has 0 aromatic rings. The molecule has 0 spiro atoms. The minimum atomic E-state index is -3.77. The molecule has 102 valence electrons. The summed E-state index contributed by atoms with van der Waals surface area (Å²) in [6.45, 7) is 0.654. The molecule has 0 bridgehead atoms. The molecule has 4 nitrogen and oxygen atoms in total. The Labute approximate surface area is 104 Å². The number of phosphoric acid groups is 1. The molecule has 1 rings (SSSR count). The van der Waals surface area contributed by atoms with Crippen LogP contribution in [0, 0.1) is 0 Å². The molecule has 1 aliphatic rings. The van der Waals surface area contributed by atoms with E-state index in [2.05, 4.69) is 0 Å². The first-order valence-corrected chi connectivity index (χ1v) is 8.32. The van der Waals surface area contributed by atoms with Gasteiger partial charge in [0.05, 0.1) is 13.2 Å². The summed E-state index contributed by atoms with van der Waals surface area (Å²) >= 11 is 0. The zero-order chi connectivity index (χ0) is 12.4. The van der Waals surface area contributed by atoms with Crippen molar-refractivity contribution >= 4 is 7.82 Å². The zero-order valence-corrected chi connectivity index (χ0v) is 11.5. The van der Waals surface area contributed by atoms with E-state index in [1.807, 2.05) is 0 Å². The van der Waals surface area contributed by atoms with Gasteiger partial charge in [0.15, 0.2) is 0 Å². The van der Waals surface area contributed by atoms with E-state index in [0.29, 0.717) is 13.2 Å². The van der Waals surface area contributed by atoms with Crippen LogP contribution in [0.15, 0.2) is 0 Å². The van der Waals surface area contributed by atoms with Crippen LogP contribution in [-0.4, -0.2) is 18.1 Å². The van der Waals surface area contributed by atoms with E-state index in [9.17, 15) is 9.46 Å². The molecule has 0 saturated carbocycles. The van der Waals surface area contributed by atoms with Crippen LogP contribution in [0.4, 0.5) is 0 Å². The van der Waals surface area contributed by atoms with Crippen LogP contribution in [0.25, 0.3) is 0 Å². The average Bonchev–Trinajstić information content (AvgIpc) is 2.29. The van der Waals surface area contributed by atoms with Gasteiger partial charge in [-0.05, 0) is 12.8 Å². The van der Waals surface area contributed by atoms with E-state index in [1.54, 1.807) is 0 Å². The molecule has 0 aromatic heterocycles. The topological polar surface area (TPSA) is 55.8 Å². The van der Waals surface area contributed by atoms with Gasteiger partial charge in [0, 0.05) is 0 Å². The van der Waals surface area contributed by atoms with Crippen molar-refractivity contribution in [2.45, 2.75) is 64.2 Å². The highest BCUT2D eigenvalue weighted by Gasteiger charge is 2.19. The fourth-order valence-electron chi connectivity index (χ4n) is 2.02. The maximum atomic E-state index is 11.4. The molecule has 1 aliphatic heterocycles. The largest absolute Gasteiger partial charge is 0.472 e. The Kier molecular flexibility index (Phi) is 8.12. The van der Waals surface area contributed by atoms with Gasteiger partial charge in [-0.1, -0.05) is 51.4 Å². The third-order valence-electron chi connectivity index (χ3n) is 3.05. The van der Waals surface area contributed by atoms with Crippen molar-refractivity contribution < 1.29 is 18.5 Å². The molecule has 0 aromatic carbocycles. The molecule has 1 fully saturated rings. The summed E-state index contributed by atoms with van der Waals surface area (Å²) in [5.41, 5.74) is 0. The molecule has 1 N–H and O–H groups in total. The molecule has 1 saturated heterocycles. The van der Waals surface area contributed by atoms with E-state index in [0.717, 1.165) is 25.7 Å². The molecule has 0 amide bonds. The van der Waals surface area contributed by atoms with Gasteiger partial charge >= 0.3 is 7.82 Å². The van der Waals surface area contributed by atoms with Crippen LogP contribution in [0.1, 0.15) is 64.2 Å². The second-order valence-corrected chi connectivity index (χ2v) is 6.12. The van der Waals surface area contributed by atoms with Crippen molar-refractivity contribution in [3.63, 3.8) is 0 Å². The minimum Gasteiger partial charge on any atom is -0.302 e. The third kappa shape index (κ3) is 8.78. The SMILES string of the molecule is O=P1(O)OCCCCCCCCCCCCO1. The molecular formula is C12H25O4P. The summed E-state index contributed by atoms with van der Waals surface area (Å²) in [6, 6.07) is 0. The first-order valence-electron chi connectivity index (χ1n) is 6.83. The second-order valence-electron chi connectivity index (χ2n) is 4.67. The highest BCUT2D eigenvalue weighted by atomic mass is 31.2. The monoisotopic (exact) mass is 264 g/mol. The molecule has 0 radical (unpaired) electrons. The van der Waals surface area contributed by atoms with Gasteiger partial charge in [-0.3, -0.25) is 9.05 Å². The van der Waals surface area contributed by atoms with Crippen LogP contribution in [-0.2, 0) is 13.6 Å². The van der Waals surface area contributed by atoms with Crippen LogP contribution in [0.2, 0.25) is 0 Å². The Morgan fingerprint density at radius 2 is 0.941 bits per heavy atom. The average molecular weight is 264 g/mol. The van der Waals surface area contributed by atoms with Gasteiger partial charge in [0.25, 0.3) is 0 Å². The number of rotatable bonds is 0. The highest BCUT2D eigenvalue weighted by molar-refractivity contribution is 7.47. The number of hydrogen-bond acceptors (Lipinski definition) is 3. The van der Waals surface area contributed by atoms with Crippen molar-refractivity contribution in [3.8, 4) is 0 Å². The third-order valence-corrected chi connectivity index (χ3v) is 4.07. The van der Waals surface area contributed by atoms with E-state index >= 15 is 0 Å². The molecule has 0 unspecified atom stereocenters. The van der Waals surface area contributed by atoms with Crippen molar-refractivity contribution in [1.29, 1.82) is 0 Å². The van der Waals surface area contributed by atoms with Gasteiger partial charge in [0.1, 0.15) is 0 Å². The normalized spacial score (nSPS) is 25.7. The van der Waals surface area contributed by atoms with Crippen LogP contribution in [0.5, 0.6) is 0 Å². The Bertz CT molecular complexity index is 213. The van der Waals surface area contributed by atoms with E-state index in [1.165, 1.54) is 38.5 Å². The van der Waals surface area contributed by atoms with E-state index < -0.39 is 7.82 Å². The molecule has 1 heterocycles. The number of phosphoric ester groups is 1. The van der Waals surface area contributed by atoms with Crippen LogP contribution in [0.3, 0.4) is 0 Å². The van der Waals surface area contributed by atoms with Crippen LogP contribution < -0.4 is 0 Å². The van der Waals surface area contributed by atoms with Crippen molar-refractivity contribution in [3.05, 3.63) is 0 Å². The quantitative estimate of drug-likeness (QED) is 0.671. The van der Waals surface area contributed by atoms with Gasteiger partial charge in [-0.25, -0.2) is 4.57 Å². The second kappa shape index (κ2) is 9.09. The maximum Gasteiger partial charge on any atom is 0.472 e. The predicted molar refractivity (Wildman–Crippen MR) is 67.9 cm³/mol. The van der Waals surface area contributed by atoms with Gasteiger partial charge in [0.2, 0.25) is 0 Å². The lowest BCUT2D eigenvalue weighted by Crippen LogP contribution is -1.98. The Balaban J connectivity index is 2.24. The fraction of sp³-hybridized carbons (Fsp3) is 1.00.